The molecule has 2 heteroatoms. The Morgan fingerprint density at radius 3 is 2.25 bits per heavy atom. The maximum absolute atomic E-state index is 5.25. The monoisotopic (exact) mass is 282 g/mol. The Kier molecular flexibility index (Phi) is 6.34. The van der Waals surface area contributed by atoms with E-state index in [0.29, 0.717) is 6.10 Å². The minimum atomic E-state index is 0.549. The van der Waals surface area contributed by atoms with Crippen LogP contribution in [0, 0.1) is 0 Å². The Bertz CT molecular complexity index is 43.8. The zero-order chi connectivity index (χ0) is 6.41. The second-order valence-electron chi connectivity index (χ2n) is 1.92. The third-order valence-corrected chi connectivity index (χ3v) is 2.29. The fourth-order valence-electron chi connectivity index (χ4n) is 0.653. The summed E-state index contributed by atoms with van der Waals surface area (Å²) in [7, 11) is 0. The van der Waals surface area contributed by atoms with E-state index in [9.17, 15) is 0 Å². The molecule has 0 saturated heterocycles. The summed E-state index contributed by atoms with van der Waals surface area (Å²) < 4.78 is 5.25. The average Bonchev–Trinajstić information content (AvgIpc) is 1.83. The number of rotatable bonds is 4. The van der Waals surface area contributed by atoms with Crippen molar-refractivity contribution in [1.29, 1.82) is 0 Å². The van der Waals surface area contributed by atoms with Crippen molar-refractivity contribution in [2.75, 3.05) is 0 Å². The van der Waals surface area contributed by atoms with Gasteiger partial charge in [0.1, 0.15) is 0 Å². The molecule has 0 N–H and O–H groups in total. The van der Waals surface area contributed by atoms with Crippen molar-refractivity contribution in [3.05, 3.63) is 0 Å². The van der Waals surface area contributed by atoms with Crippen LogP contribution in [0.1, 0.15) is 33.1 Å². The van der Waals surface area contributed by atoms with E-state index < -0.39 is 0 Å². The molecule has 0 amide bonds. The Hall–Kier alpha value is 0.700. The molecule has 0 bridgehead atoms. The van der Waals surface area contributed by atoms with Gasteiger partial charge in [0.2, 0.25) is 0 Å². The molecule has 0 aromatic heterocycles. The Morgan fingerprint density at radius 2 is 2.12 bits per heavy atom. The van der Waals surface area contributed by atoms with Crippen molar-refractivity contribution in [3.8, 4) is 0 Å². The van der Waals surface area contributed by atoms with Crippen molar-refractivity contribution in [2.45, 2.75) is 39.2 Å². The maximum atomic E-state index is 5.25. The van der Waals surface area contributed by atoms with Gasteiger partial charge in [-0.3, -0.25) is 0 Å². The summed E-state index contributed by atoms with van der Waals surface area (Å²) in [5, 5.41) is 0. The SMILES string of the molecule is CCCC(CC)[O][Ta]. The van der Waals surface area contributed by atoms with Crippen LogP contribution >= 0.6 is 0 Å². The van der Waals surface area contributed by atoms with E-state index in [1.807, 2.05) is 0 Å². The van der Waals surface area contributed by atoms with E-state index in [2.05, 4.69) is 13.8 Å². The standard InChI is InChI=1S/C6H13O.Ta/c1-3-5-6(7)4-2;/h6H,3-5H2,1-2H3;/q-1;+1. The molecule has 0 fully saturated rings. The summed E-state index contributed by atoms with van der Waals surface area (Å²) in [5.74, 6) is 0. The normalized spacial score (nSPS) is 13.8. The first-order chi connectivity index (χ1) is 3.85. The van der Waals surface area contributed by atoms with Crippen molar-refractivity contribution in [2.24, 2.45) is 0 Å². The summed E-state index contributed by atoms with van der Waals surface area (Å²) in [5.41, 5.74) is 0. The van der Waals surface area contributed by atoms with Crippen LogP contribution in [0.3, 0.4) is 0 Å². The molecule has 48 valence electrons. The van der Waals surface area contributed by atoms with E-state index in [-0.39, 0.29) is 0 Å². The average molecular weight is 282 g/mol. The molecule has 0 rings (SSSR count). The van der Waals surface area contributed by atoms with Gasteiger partial charge in [0.05, 0.1) is 0 Å². The van der Waals surface area contributed by atoms with Gasteiger partial charge in [-0.15, -0.1) is 0 Å². The number of hydrogen-bond donors (Lipinski definition) is 0. The summed E-state index contributed by atoms with van der Waals surface area (Å²) in [6, 6.07) is 0. The molecule has 0 spiro atoms. The molecule has 1 atom stereocenters. The second-order valence-corrected chi connectivity index (χ2v) is 2.68. The van der Waals surface area contributed by atoms with Crippen LogP contribution in [0.2, 0.25) is 0 Å². The zero-order valence-corrected chi connectivity index (χ0v) is 8.77. The Morgan fingerprint density at radius 1 is 1.50 bits per heavy atom. The zero-order valence-electron chi connectivity index (χ0n) is 5.55. The van der Waals surface area contributed by atoms with E-state index in [1.54, 1.807) is 0 Å². The summed E-state index contributed by atoms with van der Waals surface area (Å²) in [6.07, 6.45) is 4.20. The second kappa shape index (κ2) is 5.83. The molecule has 8 heavy (non-hydrogen) atoms. The third kappa shape index (κ3) is 3.67. The molecule has 0 saturated carbocycles. The van der Waals surface area contributed by atoms with Crippen LogP contribution in [0.25, 0.3) is 0 Å². The van der Waals surface area contributed by atoms with Gasteiger partial charge in [0.15, 0.2) is 0 Å². The molecule has 0 aliphatic carbocycles. The van der Waals surface area contributed by atoms with Crippen molar-refractivity contribution in [3.63, 3.8) is 0 Å². The Labute approximate surface area is 64.2 Å². The van der Waals surface area contributed by atoms with Crippen molar-refractivity contribution < 1.29 is 24.7 Å². The quantitative estimate of drug-likeness (QED) is 0.766. The molecular formula is C6H13OTa. The van der Waals surface area contributed by atoms with Crippen LogP contribution in [0.4, 0.5) is 0 Å². The molecule has 0 heterocycles. The molecule has 0 aromatic carbocycles. The summed E-state index contributed by atoms with van der Waals surface area (Å²) in [6.45, 7) is 4.37. The van der Waals surface area contributed by atoms with Crippen LogP contribution < -0.4 is 0 Å². The summed E-state index contributed by atoms with van der Waals surface area (Å²) in [4.78, 5) is 0. The van der Waals surface area contributed by atoms with Crippen molar-refractivity contribution in [1.82, 2.24) is 0 Å². The molecular weight excluding hydrogens is 269 g/mol. The fraction of sp³-hybridized carbons (Fsp3) is 1.00. The van der Waals surface area contributed by atoms with Gasteiger partial charge in [-0.05, 0) is 0 Å². The first-order valence-electron chi connectivity index (χ1n) is 3.15. The van der Waals surface area contributed by atoms with Crippen LogP contribution in [-0.4, -0.2) is 6.10 Å². The molecule has 1 nitrogen and oxygen atoms in total. The van der Waals surface area contributed by atoms with Gasteiger partial charge in [0.25, 0.3) is 0 Å². The van der Waals surface area contributed by atoms with E-state index >= 15 is 0 Å². The van der Waals surface area contributed by atoms with Gasteiger partial charge in [0, 0.05) is 0 Å². The van der Waals surface area contributed by atoms with Crippen LogP contribution in [0.15, 0.2) is 0 Å². The summed E-state index contributed by atoms with van der Waals surface area (Å²) >= 11 is 1.07. The van der Waals surface area contributed by atoms with Crippen LogP contribution in [-0.2, 0) is 24.7 Å². The molecule has 0 aliphatic rings. The molecule has 0 radical (unpaired) electrons. The first-order valence-corrected chi connectivity index (χ1v) is 4.46. The Balaban J connectivity index is 3.07. The minimum absolute atomic E-state index is 0.549. The topological polar surface area (TPSA) is 9.23 Å². The first kappa shape index (κ1) is 8.70. The predicted octanol–water partition coefficient (Wildman–Crippen LogP) is 2.04. The van der Waals surface area contributed by atoms with E-state index in [0.717, 1.165) is 21.5 Å². The fourth-order valence-corrected chi connectivity index (χ4v) is 1.57. The molecule has 0 aromatic rings. The molecule has 1 unspecified atom stereocenters. The van der Waals surface area contributed by atoms with Gasteiger partial charge in [-0.2, -0.15) is 0 Å². The predicted molar refractivity (Wildman–Crippen MR) is 30.1 cm³/mol. The molecule has 0 aliphatic heterocycles. The van der Waals surface area contributed by atoms with Crippen molar-refractivity contribution >= 4 is 0 Å². The van der Waals surface area contributed by atoms with Gasteiger partial charge >= 0.3 is 63.9 Å². The van der Waals surface area contributed by atoms with Crippen LogP contribution in [0.5, 0.6) is 0 Å². The van der Waals surface area contributed by atoms with E-state index in [4.69, 9.17) is 3.24 Å². The van der Waals surface area contributed by atoms with Gasteiger partial charge in [-0.25, -0.2) is 0 Å². The van der Waals surface area contributed by atoms with E-state index in [1.165, 1.54) is 19.3 Å². The van der Waals surface area contributed by atoms with Gasteiger partial charge < -0.3 is 0 Å². The number of hydrogen-bond acceptors (Lipinski definition) is 1. The van der Waals surface area contributed by atoms with Gasteiger partial charge in [-0.1, -0.05) is 0 Å². The third-order valence-electron chi connectivity index (χ3n) is 1.22.